The number of aryl methyl sites for hydroxylation is 2. The van der Waals surface area contributed by atoms with Crippen LogP contribution in [0, 0.1) is 13.8 Å². The van der Waals surface area contributed by atoms with E-state index in [2.05, 4.69) is 9.97 Å². The second-order valence-electron chi connectivity index (χ2n) is 3.38. The Kier molecular flexibility index (Phi) is 1.85. The number of imidazole rings is 1. The molecule has 0 saturated carbocycles. The number of carbonyl (C=O) groups is 1. The average Bonchev–Trinajstić information content (AvgIpc) is 2.42. The van der Waals surface area contributed by atoms with Gasteiger partial charge in [0.05, 0.1) is 0 Å². The zero-order valence-electron chi connectivity index (χ0n) is 8.48. The summed E-state index contributed by atoms with van der Waals surface area (Å²) in [6.07, 6.45) is 0. The summed E-state index contributed by atoms with van der Waals surface area (Å²) >= 11 is 0. The van der Waals surface area contributed by atoms with Crippen molar-refractivity contribution in [3.05, 3.63) is 23.1 Å². The first-order valence-electron chi connectivity index (χ1n) is 4.42. The lowest BCUT2D eigenvalue weighted by Gasteiger charge is -2.01. The van der Waals surface area contributed by atoms with Gasteiger partial charge >= 0.3 is 0 Å². The predicted molar refractivity (Wildman–Crippen MR) is 55.4 cm³/mol. The maximum absolute atomic E-state index is 11.0. The summed E-state index contributed by atoms with van der Waals surface area (Å²) in [7, 11) is 0. The van der Waals surface area contributed by atoms with Gasteiger partial charge in [0.2, 0.25) is 5.78 Å². The quantitative estimate of drug-likeness (QED) is 0.685. The molecule has 0 aliphatic rings. The van der Waals surface area contributed by atoms with E-state index in [1.54, 1.807) is 4.40 Å². The Bertz CT molecular complexity index is 557. The number of nitrogen functional groups attached to an aromatic ring is 1. The molecule has 0 atom stereocenters. The second-order valence-corrected chi connectivity index (χ2v) is 3.38. The molecule has 0 aliphatic heterocycles. The number of hydrogen-bond acceptors (Lipinski definition) is 4. The van der Waals surface area contributed by atoms with E-state index in [0.717, 1.165) is 11.4 Å². The minimum absolute atomic E-state index is 0.0659. The van der Waals surface area contributed by atoms with Gasteiger partial charge in [-0.05, 0) is 19.9 Å². The van der Waals surface area contributed by atoms with Gasteiger partial charge in [0, 0.05) is 11.4 Å². The minimum atomic E-state index is -0.643. The first-order chi connectivity index (χ1) is 7.00. The normalized spacial score (nSPS) is 10.8. The number of nitrogens with zero attached hydrogens (tertiary/aromatic N) is 3. The van der Waals surface area contributed by atoms with E-state index in [4.69, 9.17) is 11.5 Å². The van der Waals surface area contributed by atoms with Crippen LogP contribution >= 0.6 is 0 Å². The van der Waals surface area contributed by atoms with E-state index in [-0.39, 0.29) is 11.5 Å². The Balaban J connectivity index is 2.88. The number of fused-ring (bicyclic) bond motifs is 1. The summed E-state index contributed by atoms with van der Waals surface area (Å²) in [6.45, 7) is 3.71. The molecule has 2 rings (SSSR count). The topological polar surface area (TPSA) is 99.3 Å². The summed E-state index contributed by atoms with van der Waals surface area (Å²) in [6, 6.07) is 1.86. The van der Waals surface area contributed by atoms with Gasteiger partial charge < -0.3 is 11.5 Å². The van der Waals surface area contributed by atoms with Crippen molar-refractivity contribution in [3.8, 4) is 0 Å². The van der Waals surface area contributed by atoms with Gasteiger partial charge in [0.1, 0.15) is 5.82 Å². The zero-order chi connectivity index (χ0) is 11.2. The van der Waals surface area contributed by atoms with Crippen molar-refractivity contribution in [3.63, 3.8) is 0 Å². The van der Waals surface area contributed by atoms with E-state index in [9.17, 15) is 4.79 Å². The third-order valence-corrected chi connectivity index (χ3v) is 2.18. The Hall–Kier alpha value is -2.11. The molecule has 6 nitrogen and oxygen atoms in total. The SMILES string of the molecule is Cc1cc(C)n2c(N)c(C(N)=O)nc2n1. The van der Waals surface area contributed by atoms with Gasteiger partial charge in [-0.3, -0.25) is 9.20 Å². The molecule has 2 heterocycles. The summed E-state index contributed by atoms with van der Waals surface area (Å²) in [4.78, 5) is 19.2. The fourth-order valence-corrected chi connectivity index (χ4v) is 1.58. The predicted octanol–water partition coefficient (Wildman–Crippen LogP) is 0.0272. The van der Waals surface area contributed by atoms with Crippen molar-refractivity contribution >= 4 is 17.5 Å². The van der Waals surface area contributed by atoms with Crippen molar-refractivity contribution in [2.45, 2.75) is 13.8 Å². The third-order valence-electron chi connectivity index (χ3n) is 2.18. The number of aromatic nitrogens is 3. The average molecular weight is 205 g/mol. The van der Waals surface area contributed by atoms with E-state index >= 15 is 0 Å². The Labute approximate surface area is 85.9 Å². The lowest BCUT2D eigenvalue weighted by Crippen LogP contribution is -2.14. The molecule has 0 spiro atoms. The summed E-state index contributed by atoms with van der Waals surface area (Å²) in [5, 5.41) is 0. The lowest BCUT2D eigenvalue weighted by molar-refractivity contribution is 0.0997. The molecule has 4 N–H and O–H groups in total. The van der Waals surface area contributed by atoms with Crippen molar-refractivity contribution in [2.24, 2.45) is 5.73 Å². The highest BCUT2D eigenvalue weighted by molar-refractivity contribution is 5.96. The fraction of sp³-hybridized carbons (Fsp3) is 0.222. The van der Waals surface area contributed by atoms with Crippen LogP contribution in [0.3, 0.4) is 0 Å². The first kappa shape index (κ1) is 9.45. The zero-order valence-corrected chi connectivity index (χ0v) is 8.48. The first-order valence-corrected chi connectivity index (χ1v) is 4.42. The molecule has 6 heteroatoms. The monoisotopic (exact) mass is 205 g/mol. The van der Waals surface area contributed by atoms with E-state index < -0.39 is 5.91 Å². The second kappa shape index (κ2) is 2.94. The van der Waals surface area contributed by atoms with Crippen LogP contribution in [0.5, 0.6) is 0 Å². The van der Waals surface area contributed by atoms with Crippen molar-refractivity contribution in [1.29, 1.82) is 0 Å². The van der Waals surface area contributed by atoms with E-state index in [1.165, 1.54) is 0 Å². The Morgan fingerprint density at radius 1 is 1.40 bits per heavy atom. The highest BCUT2D eigenvalue weighted by Gasteiger charge is 2.16. The molecule has 0 radical (unpaired) electrons. The molecular formula is C9H11N5O. The van der Waals surface area contributed by atoms with Crippen LogP contribution in [0.4, 0.5) is 5.82 Å². The highest BCUT2D eigenvalue weighted by atomic mass is 16.1. The number of primary amides is 1. The van der Waals surface area contributed by atoms with Crippen molar-refractivity contribution in [1.82, 2.24) is 14.4 Å². The molecule has 15 heavy (non-hydrogen) atoms. The number of hydrogen-bond donors (Lipinski definition) is 2. The molecule has 2 aromatic heterocycles. The molecule has 78 valence electrons. The molecular weight excluding hydrogens is 194 g/mol. The summed E-state index contributed by atoms with van der Waals surface area (Å²) in [5.74, 6) is -0.00338. The van der Waals surface area contributed by atoms with Gasteiger partial charge in [-0.15, -0.1) is 0 Å². The number of nitrogens with two attached hydrogens (primary N) is 2. The van der Waals surface area contributed by atoms with Gasteiger partial charge in [-0.2, -0.15) is 0 Å². The van der Waals surface area contributed by atoms with Crippen LogP contribution in [-0.4, -0.2) is 20.3 Å². The van der Waals surface area contributed by atoms with Gasteiger partial charge in [0.25, 0.3) is 5.91 Å². The lowest BCUT2D eigenvalue weighted by atomic mass is 10.3. The summed E-state index contributed by atoms with van der Waals surface area (Å²) in [5.41, 5.74) is 12.7. The summed E-state index contributed by atoms with van der Waals surface area (Å²) < 4.78 is 1.60. The number of carbonyl (C=O) groups excluding carboxylic acids is 1. The van der Waals surface area contributed by atoms with Crippen LogP contribution in [-0.2, 0) is 0 Å². The molecule has 0 aromatic carbocycles. The number of amides is 1. The highest BCUT2D eigenvalue weighted by Crippen LogP contribution is 2.16. The smallest absolute Gasteiger partial charge is 0.271 e. The van der Waals surface area contributed by atoms with E-state index in [0.29, 0.717) is 5.78 Å². The molecule has 2 aromatic rings. The van der Waals surface area contributed by atoms with Gasteiger partial charge in [0.15, 0.2) is 5.69 Å². The van der Waals surface area contributed by atoms with Crippen LogP contribution in [0.25, 0.3) is 5.78 Å². The standard InChI is InChI=1S/C9H11N5O/c1-4-3-5(2)14-7(10)6(8(11)15)13-9(14)12-4/h3H,10H2,1-2H3,(H2,11,15). The van der Waals surface area contributed by atoms with Crippen LogP contribution in [0.2, 0.25) is 0 Å². The molecule has 0 aliphatic carbocycles. The minimum Gasteiger partial charge on any atom is -0.383 e. The van der Waals surface area contributed by atoms with Crippen molar-refractivity contribution < 1.29 is 4.79 Å². The molecule has 0 fully saturated rings. The number of rotatable bonds is 1. The molecule has 0 saturated heterocycles. The van der Waals surface area contributed by atoms with Crippen LogP contribution in [0.1, 0.15) is 21.9 Å². The largest absolute Gasteiger partial charge is 0.383 e. The number of anilines is 1. The molecule has 0 unspecified atom stereocenters. The van der Waals surface area contributed by atoms with Crippen molar-refractivity contribution in [2.75, 3.05) is 5.73 Å². The maximum atomic E-state index is 11.0. The maximum Gasteiger partial charge on any atom is 0.271 e. The van der Waals surface area contributed by atoms with Crippen LogP contribution in [0.15, 0.2) is 6.07 Å². The molecule has 0 bridgehead atoms. The fourth-order valence-electron chi connectivity index (χ4n) is 1.58. The van der Waals surface area contributed by atoms with E-state index in [1.807, 2.05) is 19.9 Å². The Morgan fingerprint density at radius 2 is 2.07 bits per heavy atom. The molecule has 1 amide bonds. The Morgan fingerprint density at radius 3 is 2.67 bits per heavy atom. The third kappa shape index (κ3) is 1.30. The van der Waals surface area contributed by atoms with Gasteiger partial charge in [-0.1, -0.05) is 0 Å². The van der Waals surface area contributed by atoms with Gasteiger partial charge in [-0.25, -0.2) is 9.97 Å². The van der Waals surface area contributed by atoms with Crippen LogP contribution < -0.4 is 11.5 Å².